The van der Waals surface area contributed by atoms with Gasteiger partial charge in [0, 0.05) is 18.8 Å². The van der Waals surface area contributed by atoms with Gasteiger partial charge in [0.05, 0.1) is 12.6 Å². The van der Waals surface area contributed by atoms with E-state index in [1.165, 1.54) is 0 Å². The molecule has 0 bridgehead atoms. The normalized spacial score (nSPS) is 13.0. The quantitative estimate of drug-likeness (QED) is 0.0428. The lowest BCUT2D eigenvalue weighted by Gasteiger charge is -2.21. The van der Waals surface area contributed by atoms with Gasteiger partial charge in [-0.25, -0.2) is 4.79 Å². The number of amides is 3. The largest absolute Gasteiger partial charge is 0.480 e. The number of aliphatic carboxylic acids is 1. The van der Waals surface area contributed by atoms with Gasteiger partial charge in [0.2, 0.25) is 17.7 Å². The van der Waals surface area contributed by atoms with E-state index in [2.05, 4.69) is 38.6 Å². The zero-order valence-electron chi connectivity index (χ0n) is 18.2. The minimum absolute atomic E-state index is 0.0597. The Bertz CT molecular complexity index is 725. The first kappa shape index (κ1) is 29.7. The van der Waals surface area contributed by atoms with E-state index >= 15 is 0 Å². The summed E-state index contributed by atoms with van der Waals surface area (Å²) in [4.78, 5) is 55.7. The van der Waals surface area contributed by atoms with Crippen molar-refractivity contribution >= 4 is 48.2 Å². The molecule has 0 radical (unpaired) electrons. The summed E-state index contributed by atoms with van der Waals surface area (Å²) in [6.07, 6.45) is 0.784. The molecule has 188 valence electrons. The molecule has 0 aromatic heterocycles. The van der Waals surface area contributed by atoms with E-state index in [1.807, 2.05) is 0 Å². The molecule has 16 heteroatoms. The highest BCUT2D eigenvalue weighted by Gasteiger charge is 2.26. The fourth-order valence-electron chi connectivity index (χ4n) is 2.43. The van der Waals surface area contributed by atoms with Gasteiger partial charge in [0.1, 0.15) is 12.1 Å². The summed E-state index contributed by atoms with van der Waals surface area (Å²) < 4.78 is 0. The van der Waals surface area contributed by atoms with Gasteiger partial charge in [-0.2, -0.15) is 12.6 Å². The first-order valence-corrected chi connectivity index (χ1v) is 10.7. The van der Waals surface area contributed by atoms with Gasteiger partial charge < -0.3 is 49.7 Å². The molecule has 33 heavy (non-hydrogen) atoms. The summed E-state index contributed by atoms with van der Waals surface area (Å²) in [6.45, 7) is -0.0515. The molecular weight excluding hydrogens is 456 g/mol. The zero-order valence-corrected chi connectivity index (χ0v) is 19.1. The second kappa shape index (κ2) is 16.4. The molecule has 0 rings (SSSR count). The van der Waals surface area contributed by atoms with Gasteiger partial charge in [0.25, 0.3) is 0 Å². The molecule has 14 N–H and O–H groups in total. The number of guanidine groups is 2. The molecule has 0 aliphatic carbocycles. The van der Waals surface area contributed by atoms with Gasteiger partial charge in [0.15, 0.2) is 11.9 Å². The van der Waals surface area contributed by atoms with E-state index in [4.69, 9.17) is 28.7 Å². The van der Waals surface area contributed by atoms with Crippen LogP contribution in [0.2, 0.25) is 0 Å². The first-order chi connectivity index (χ1) is 15.5. The van der Waals surface area contributed by atoms with E-state index in [9.17, 15) is 24.3 Å². The molecule has 0 aliphatic rings. The van der Waals surface area contributed by atoms with Crippen molar-refractivity contribution in [1.29, 1.82) is 0 Å². The summed E-state index contributed by atoms with van der Waals surface area (Å²) in [5.74, 6) is -3.40. The molecule has 0 saturated carbocycles. The van der Waals surface area contributed by atoms with Crippen LogP contribution in [-0.2, 0) is 19.2 Å². The lowest BCUT2D eigenvalue weighted by Crippen LogP contribution is -2.53. The highest BCUT2D eigenvalue weighted by atomic mass is 32.1. The maximum atomic E-state index is 12.7. The number of carbonyl (C=O) groups excluding carboxylic acids is 3. The number of carboxylic acid groups (broad SMARTS) is 1. The molecule has 3 unspecified atom stereocenters. The third kappa shape index (κ3) is 14.4. The molecule has 0 aliphatic heterocycles. The Balaban J connectivity index is 5.07. The average Bonchev–Trinajstić information content (AvgIpc) is 2.74. The standard InChI is InChI=1S/C17H34N10O5S/c18-9(8-33)13(29)25-7-12(28)26-10(3-1-5-23-16(19)20)14(30)27-11(15(31)32)4-2-6-24-17(21)22/h9-11,33H,1-8,18H2,(H,25,29)(H,26,28)(H,27,30)(H,31,32)(H4,19,20,23)(H4,21,22,24). The SMILES string of the molecule is NC(N)=NCCCC(NC(=O)C(CCCN=C(N)N)NC(=O)CNC(=O)C(N)CS)C(=O)O. The fourth-order valence-corrected chi connectivity index (χ4v) is 2.60. The monoisotopic (exact) mass is 490 g/mol. The second-order valence-electron chi connectivity index (χ2n) is 6.92. The van der Waals surface area contributed by atoms with Gasteiger partial charge in [-0.05, 0) is 25.7 Å². The molecule has 0 aromatic rings. The number of nitrogens with one attached hydrogen (secondary N) is 3. The minimum Gasteiger partial charge on any atom is -0.480 e. The number of hydrogen-bond donors (Lipinski definition) is 10. The number of carboxylic acids is 1. The number of hydrogen-bond acceptors (Lipinski definition) is 8. The van der Waals surface area contributed by atoms with Gasteiger partial charge in [-0.15, -0.1) is 0 Å². The van der Waals surface area contributed by atoms with Crippen molar-refractivity contribution < 1.29 is 24.3 Å². The molecule has 3 amide bonds. The molecule has 0 aromatic carbocycles. The predicted octanol–water partition coefficient (Wildman–Crippen LogP) is -4.48. The summed E-state index contributed by atoms with van der Waals surface area (Å²) in [5.41, 5.74) is 26.5. The number of carbonyl (C=O) groups is 4. The Hall–Kier alpha value is -3.27. The van der Waals surface area contributed by atoms with E-state index < -0.39 is 48.4 Å². The molecule has 3 atom stereocenters. The number of nitrogens with zero attached hydrogens (tertiary/aromatic N) is 2. The fraction of sp³-hybridized carbons (Fsp3) is 0.647. The van der Waals surface area contributed by atoms with E-state index in [-0.39, 0.29) is 43.6 Å². The third-order valence-corrected chi connectivity index (χ3v) is 4.51. The third-order valence-electron chi connectivity index (χ3n) is 4.11. The molecule has 0 saturated heterocycles. The summed E-state index contributed by atoms with van der Waals surface area (Å²) in [7, 11) is 0. The number of nitrogens with two attached hydrogens (primary N) is 5. The van der Waals surface area contributed by atoms with Crippen LogP contribution in [0.3, 0.4) is 0 Å². The minimum atomic E-state index is -1.26. The Morgan fingerprint density at radius 3 is 1.82 bits per heavy atom. The van der Waals surface area contributed by atoms with Crippen molar-refractivity contribution in [2.24, 2.45) is 38.7 Å². The maximum absolute atomic E-state index is 12.7. The van der Waals surface area contributed by atoms with Crippen LogP contribution < -0.4 is 44.6 Å². The molecule has 0 heterocycles. The van der Waals surface area contributed by atoms with Crippen LogP contribution >= 0.6 is 12.6 Å². The lowest BCUT2D eigenvalue weighted by molar-refractivity contribution is -0.142. The second-order valence-corrected chi connectivity index (χ2v) is 7.29. The Morgan fingerprint density at radius 1 is 0.848 bits per heavy atom. The van der Waals surface area contributed by atoms with Crippen LogP contribution in [0.15, 0.2) is 9.98 Å². The van der Waals surface area contributed by atoms with Crippen LogP contribution in [0.1, 0.15) is 25.7 Å². The van der Waals surface area contributed by atoms with Crippen LogP contribution in [0.5, 0.6) is 0 Å². The van der Waals surface area contributed by atoms with Gasteiger partial charge in [-0.1, -0.05) is 0 Å². The zero-order chi connectivity index (χ0) is 25.4. The Kier molecular flexibility index (Phi) is 14.8. The molecular formula is C17H34N10O5S. The van der Waals surface area contributed by atoms with Crippen LogP contribution in [0, 0.1) is 0 Å². The van der Waals surface area contributed by atoms with Crippen LogP contribution in [0.25, 0.3) is 0 Å². The van der Waals surface area contributed by atoms with Crippen molar-refractivity contribution in [3.05, 3.63) is 0 Å². The van der Waals surface area contributed by atoms with E-state index in [0.29, 0.717) is 12.8 Å². The predicted molar refractivity (Wildman–Crippen MR) is 126 cm³/mol. The summed E-state index contributed by atoms with van der Waals surface area (Å²) in [5, 5.41) is 16.6. The number of rotatable bonds is 16. The number of thiol groups is 1. The van der Waals surface area contributed by atoms with Crippen molar-refractivity contribution in [3.63, 3.8) is 0 Å². The van der Waals surface area contributed by atoms with Crippen molar-refractivity contribution in [2.45, 2.75) is 43.8 Å². The Labute approximate surface area is 196 Å². The van der Waals surface area contributed by atoms with Crippen molar-refractivity contribution in [2.75, 3.05) is 25.4 Å². The van der Waals surface area contributed by atoms with Gasteiger partial charge >= 0.3 is 5.97 Å². The van der Waals surface area contributed by atoms with Crippen LogP contribution in [0.4, 0.5) is 0 Å². The topological polar surface area (TPSA) is 279 Å². The Morgan fingerprint density at radius 2 is 1.36 bits per heavy atom. The summed E-state index contributed by atoms with van der Waals surface area (Å²) in [6, 6.07) is -3.21. The lowest BCUT2D eigenvalue weighted by atomic mass is 10.1. The average molecular weight is 491 g/mol. The van der Waals surface area contributed by atoms with E-state index in [1.54, 1.807) is 0 Å². The highest BCUT2D eigenvalue weighted by molar-refractivity contribution is 7.80. The molecule has 15 nitrogen and oxygen atoms in total. The highest BCUT2D eigenvalue weighted by Crippen LogP contribution is 2.03. The van der Waals surface area contributed by atoms with Crippen molar-refractivity contribution in [3.8, 4) is 0 Å². The molecule has 0 fully saturated rings. The van der Waals surface area contributed by atoms with Crippen LogP contribution in [-0.4, -0.2) is 84.2 Å². The van der Waals surface area contributed by atoms with Crippen molar-refractivity contribution in [1.82, 2.24) is 16.0 Å². The maximum Gasteiger partial charge on any atom is 0.326 e. The molecule has 0 spiro atoms. The van der Waals surface area contributed by atoms with E-state index in [0.717, 1.165) is 0 Å². The number of aliphatic imine (C=N–C) groups is 2. The first-order valence-electron chi connectivity index (χ1n) is 10.0. The smallest absolute Gasteiger partial charge is 0.326 e. The van der Waals surface area contributed by atoms with Gasteiger partial charge in [-0.3, -0.25) is 24.4 Å². The summed E-state index contributed by atoms with van der Waals surface area (Å²) >= 11 is 3.90.